The highest BCUT2D eigenvalue weighted by atomic mass is 35.5. The number of carboxylic acid groups (broad SMARTS) is 1. The number of carbonyl (C=O) groups excluding carboxylic acids is 1. The Labute approximate surface area is 207 Å². The second kappa shape index (κ2) is 9.27. The van der Waals surface area contributed by atoms with Gasteiger partial charge in [0.15, 0.2) is 5.82 Å². The van der Waals surface area contributed by atoms with Crippen molar-refractivity contribution in [1.82, 2.24) is 14.5 Å². The Hall–Kier alpha value is -3.50. The van der Waals surface area contributed by atoms with Crippen LogP contribution in [0.5, 0.6) is 0 Å². The molecule has 1 atom stereocenters. The number of carboxylic acids is 1. The van der Waals surface area contributed by atoms with Crippen LogP contribution >= 0.6 is 23.2 Å². The van der Waals surface area contributed by atoms with Crippen molar-refractivity contribution in [2.75, 3.05) is 18.4 Å². The zero-order valence-corrected chi connectivity index (χ0v) is 19.5. The van der Waals surface area contributed by atoms with Crippen molar-refractivity contribution >= 4 is 51.7 Å². The molecule has 0 radical (unpaired) electrons. The number of hydrogen-bond donors (Lipinski definition) is 2. The molecule has 1 unspecified atom stereocenters. The maximum Gasteiger partial charge on any atom is 0.323 e. The number of rotatable bonds is 6. The minimum Gasteiger partial charge on any atom is -0.480 e. The van der Waals surface area contributed by atoms with Crippen molar-refractivity contribution in [3.8, 4) is 0 Å². The fourth-order valence-corrected chi connectivity index (χ4v) is 4.79. The van der Waals surface area contributed by atoms with Gasteiger partial charge in [-0.1, -0.05) is 29.8 Å². The molecular formula is C23H18Cl2F2N4O4. The zero-order valence-electron chi connectivity index (χ0n) is 18.0. The average Bonchev–Trinajstić information content (AvgIpc) is 3.22. The topological polar surface area (TPSA) is 105 Å². The summed E-state index contributed by atoms with van der Waals surface area (Å²) < 4.78 is 30.9. The number of amides is 1. The molecule has 0 bridgehead atoms. The van der Waals surface area contributed by atoms with Gasteiger partial charge in [-0.15, -0.1) is 0 Å². The Morgan fingerprint density at radius 3 is 2.69 bits per heavy atom. The molecule has 1 fully saturated rings. The van der Waals surface area contributed by atoms with E-state index in [0.717, 1.165) is 29.1 Å². The standard InChI is InChI=1S/C23H18Cl2F2N4O4/c1-2-17(32)30-6-5-23(10-30,19-15(26)4-3-14(24)20(19)25)29-12-7-13-21(16(27)8-12)28-11-31(22(13)35)9-18(33)34/h2-4,7-8,11,29H,1,5-6,9-10H2,(H,33,34). The van der Waals surface area contributed by atoms with Gasteiger partial charge in [-0.05, 0) is 36.8 Å². The lowest BCUT2D eigenvalue weighted by Gasteiger charge is -2.33. The maximum atomic E-state index is 15.1. The first kappa shape index (κ1) is 24.6. The van der Waals surface area contributed by atoms with Gasteiger partial charge in [0.25, 0.3) is 5.56 Å². The van der Waals surface area contributed by atoms with Crippen molar-refractivity contribution in [2.45, 2.75) is 18.5 Å². The van der Waals surface area contributed by atoms with Crippen molar-refractivity contribution in [3.05, 3.63) is 80.8 Å². The van der Waals surface area contributed by atoms with Crippen LogP contribution in [0.2, 0.25) is 10.0 Å². The van der Waals surface area contributed by atoms with E-state index in [1.165, 1.54) is 17.0 Å². The molecule has 2 N–H and O–H groups in total. The number of aliphatic carboxylic acids is 1. The first-order valence-corrected chi connectivity index (χ1v) is 11.1. The van der Waals surface area contributed by atoms with Crippen molar-refractivity contribution in [1.29, 1.82) is 0 Å². The third kappa shape index (κ3) is 4.46. The van der Waals surface area contributed by atoms with Gasteiger partial charge in [0.1, 0.15) is 17.9 Å². The Balaban J connectivity index is 1.87. The minimum absolute atomic E-state index is 0.0130. The number of nitrogens with one attached hydrogen (secondary N) is 1. The highest BCUT2D eigenvalue weighted by Crippen LogP contribution is 2.43. The van der Waals surface area contributed by atoms with Crippen LogP contribution < -0.4 is 10.9 Å². The largest absolute Gasteiger partial charge is 0.480 e. The van der Waals surface area contributed by atoms with Crippen LogP contribution in [0.4, 0.5) is 14.5 Å². The Morgan fingerprint density at radius 2 is 2.00 bits per heavy atom. The molecule has 0 spiro atoms. The molecule has 0 saturated carbocycles. The summed E-state index contributed by atoms with van der Waals surface area (Å²) in [5, 5.41) is 11.9. The molecule has 1 saturated heterocycles. The molecule has 0 aliphatic carbocycles. The monoisotopic (exact) mass is 522 g/mol. The molecule has 2 aromatic carbocycles. The van der Waals surface area contributed by atoms with Crippen LogP contribution in [0.15, 0.2) is 48.0 Å². The van der Waals surface area contributed by atoms with Crippen LogP contribution in [0.1, 0.15) is 12.0 Å². The number of hydrogen-bond acceptors (Lipinski definition) is 5. The summed E-state index contributed by atoms with van der Waals surface area (Å²) in [7, 11) is 0. The van der Waals surface area contributed by atoms with Gasteiger partial charge in [-0.3, -0.25) is 19.0 Å². The van der Waals surface area contributed by atoms with Crippen LogP contribution in [0, 0.1) is 11.6 Å². The van der Waals surface area contributed by atoms with Gasteiger partial charge in [-0.2, -0.15) is 0 Å². The van der Waals surface area contributed by atoms with Gasteiger partial charge < -0.3 is 15.3 Å². The molecule has 1 amide bonds. The summed E-state index contributed by atoms with van der Waals surface area (Å²) in [5.74, 6) is -3.20. The lowest BCUT2D eigenvalue weighted by Crippen LogP contribution is -2.41. The molecule has 1 aromatic heterocycles. The Morgan fingerprint density at radius 1 is 1.26 bits per heavy atom. The van der Waals surface area contributed by atoms with Gasteiger partial charge in [-0.25, -0.2) is 13.8 Å². The summed E-state index contributed by atoms with van der Waals surface area (Å²) in [5.41, 5.74) is -2.28. The molecule has 2 heterocycles. The van der Waals surface area contributed by atoms with Gasteiger partial charge >= 0.3 is 5.97 Å². The van der Waals surface area contributed by atoms with E-state index in [1.54, 1.807) is 0 Å². The Kier molecular flexibility index (Phi) is 6.52. The average molecular weight is 523 g/mol. The quantitative estimate of drug-likeness (QED) is 0.377. The zero-order chi connectivity index (χ0) is 25.5. The molecule has 12 heteroatoms. The number of likely N-dealkylation sites (tertiary alicyclic amines) is 1. The summed E-state index contributed by atoms with van der Waals surface area (Å²) in [6.45, 7) is 2.98. The van der Waals surface area contributed by atoms with E-state index in [-0.39, 0.29) is 51.7 Å². The predicted molar refractivity (Wildman–Crippen MR) is 127 cm³/mol. The smallest absolute Gasteiger partial charge is 0.323 e. The van der Waals surface area contributed by atoms with Crippen molar-refractivity contribution in [2.24, 2.45) is 0 Å². The van der Waals surface area contributed by atoms with E-state index in [9.17, 15) is 18.8 Å². The van der Waals surface area contributed by atoms with E-state index in [1.807, 2.05) is 0 Å². The molecule has 1 aliphatic heterocycles. The summed E-state index contributed by atoms with van der Waals surface area (Å²) >= 11 is 12.5. The van der Waals surface area contributed by atoms with Gasteiger partial charge in [0.05, 0.1) is 27.3 Å². The van der Waals surface area contributed by atoms with Crippen molar-refractivity contribution in [3.63, 3.8) is 0 Å². The summed E-state index contributed by atoms with van der Waals surface area (Å²) in [6, 6.07) is 4.80. The van der Waals surface area contributed by atoms with E-state index in [2.05, 4.69) is 16.9 Å². The van der Waals surface area contributed by atoms with E-state index in [0.29, 0.717) is 0 Å². The molecule has 8 nitrogen and oxygen atoms in total. The van der Waals surface area contributed by atoms with Gasteiger partial charge in [0, 0.05) is 24.3 Å². The summed E-state index contributed by atoms with van der Waals surface area (Å²) in [6.07, 6.45) is 2.26. The first-order chi connectivity index (χ1) is 16.6. The molecule has 4 rings (SSSR count). The minimum atomic E-state index is -1.33. The van der Waals surface area contributed by atoms with Crippen molar-refractivity contribution < 1.29 is 23.5 Å². The number of aromatic nitrogens is 2. The maximum absolute atomic E-state index is 15.1. The molecule has 3 aromatic rings. The van der Waals surface area contributed by atoms with Crippen LogP contribution in [0.25, 0.3) is 10.9 Å². The SMILES string of the molecule is C=CC(=O)N1CCC(Nc2cc(F)c3ncn(CC(=O)O)c(=O)c3c2)(c2c(F)ccc(Cl)c2Cl)C1. The third-order valence-electron chi connectivity index (χ3n) is 5.85. The van der Waals surface area contributed by atoms with E-state index >= 15 is 4.39 Å². The molecule has 182 valence electrons. The fourth-order valence-electron chi connectivity index (χ4n) is 4.30. The van der Waals surface area contributed by atoms with E-state index < -0.39 is 41.2 Å². The number of carbonyl (C=O) groups is 2. The number of halogens is 4. The third-order valence-corrected chi connectivity index (χ3v) is 6.65. The van der Waals surface area contributed by atoms with Crippen LogP contribution in [0.3, 0.4) is 0 Å². The predicted octanol–water partition coefficient (Wildman–Crippen LogP) is 3.79. The number of benzene rings is 2. The van der Waals surface area contributed by atoms with Gasteiger partial charge in [0.2, 0.25) is 5.91 Å². The number of nitrogens with zero attached hydrogens (tertiary/aromatic N) is 3. The lowest BCUT2D eigenvalue weighted by molar-refractivity contribution is -0.137. The van der Waals surface area contributed by atoms with Crippen LogP contribution in [-0.2, 0) is 21.7 Å². The summed E-state index contributed by atoms with van der Waals surface area (Å²) in [4.78, 5) is 41.4. The number of fused-ring (bicyclic) bond motifs is 1. The second-order valence-electron chi connectivity index (χ2n) is 8.06. The lowest BCUT2D eigenvalue weighted by atomic mass is 9.87. The Bertz CT molecular complexity index is 1450. The van der Waals surface area contributed by atoms with E-state index in [4.69, 9.17) is 28.3 Å². The molecule has 1 aliphatic rings. The fraction of sp³-hybridized carbons (Fsp3) is 0.217. The molecule has 35 heavy (non-hydrogen) atoms. The highest BCUT2D eigenvalue weighted by Gasteiger charge is 2.44. The molecular weight excluding hydrogens is 505 g/mol. The normalized spacial score (nSPS) is 17.5. The first-order valence-electron chi connectivity index (χ1n) is 10.3. The highest BCUT2D eigenvalue weighted by molar-refractivity contribution is 6.42. The van der Waals surface area contributed by atoms with Crippen LogP contribution in [-0.4, -0.2) is 44.5 Å². The number of anilines is 1. The second-order valence-corrected chi connectivity index (χ2v) is 8.85.